The second-order valence-electron chi connectivity index (χ2n) is 8.47. The Hall–Kier alpha value is -1.80. The average Bonchev–Trinajstić information content (AvgIpc) is 3.20. The zero-order chi connectivity index (χ0) is 20.5. The highest BCUT2D eigenvalue weighted by atomic mass is 32.2. The van der Waals surface area contributed by atoms with Gasteiger partial charge in [-0.3, -0.25) is 9.69 Å². The predicted molar refractivity (Wildman–Crippen MR) is 110 cm³/mol. The van der Waals surface area contributed by atoms with Gasteiger partial charge in [-0.05, 0) is 30.5 Å². The van der Waals surface area contributed by atoms with Crippen molar-refractivity contribution in [2.45, 2.75) is 37.5 Å². The van der Waals surface area contributed by atoms with Crippen molar-refractivity contribution in [2.75, 3.05) is 51.5 Å². The van der Waals surface area contributed by atoms with Gasteiger partial charge < -0.3 is 14.4 Å². The molecule has 0 bridgehead atoms. The first-order chi connectivity index (χ1) is 13.9. The van der Waals surface area contributed by atoms with Crippen molar-refractivity contribution in [3.8, 4) is 11.5 Å². The first kappa shape index (κ1) is 20.5. The molecule has 1 saturated heterocycles. The van der Waals surface area contributed by atoms with Crippen LogP contribution in [0.1, 0.15) is 37.7 Å². The van der Waals surface area contributed by atoms with Gasteiger partial charge in [0.1, 0.15) is 9.84 Å². The Balaban J connectivity index is 1.49. The van der Waals surface area contributed by atoms with Gasteiger partial charge in [0.25, 0.3) is 0 Å². The van der Waals surface area contributed by atoms with Crippen LogP contribution in [0.3, 0.4) is 0 Å². The lowest BCUT2D eigenvalue weighted by Gasteiger charge is -2.43. The van der Waals surface area contributed by atoms with Crippen LogP contribution in [0.25, 0.3) is 0 Å². The van der Waals surface area contributed by atoms with Gasteiger partial charge in [0.2, 0.25) is 12.7 Å². The van der Waals surface area contributed by atoms with Gasteiger partial charge in [-0.1, -0.05) is 25.3 Å². The Labute approximate surface area is 172 Å². The monoisotopic (exact) mass is 422 g/mol. The Morgan fingerprint density at radius 2 is 1.72 bits per heavy atom. The summed E-state index contributed by atoms with van der Waals surface area (Å²) in [5, 5.41) is 0. The number of nitrogens with zero attached hydrogens (tertiary/aromatic N) is 2. The molecule has 7 nitrogen and oxygen atoms in total. The van der Waals surface area contributed by atoms with Crippen LogP contribution < -0.4 is 9.47 Å². The molecule has 0 unspecified atom stereocenters. The Morgan fingerprint density at radius 3 is 2.41 bits per heavy atom. The zero-order valence-corrected chi connectivity index (χ0v) is 17.9. The summed E-state index contributed by atoms with van der Waals surface area (Å²) in [6, 6.07) is 5.94. The number of ether oxygens (including phenoxy) is 2. The van der Waals surface area contributed by atoms with E-state index in [1.54, 1.807) is 0 Å². The zero-order valence-electron chi connectivity index (χ0n) is 17.1. The number of benzene rings is 1. The molecule has 160 valence electrons. The largest absolute Gasteiger partial charge is 0.454 e. The minimum absolute atomic E-state index is 0.169. The Morgan fingerprint density at radius 1 is 1.03 bits per heavy atom. The van der Waals surface area contributed by atoms with E-state index in [0.29, 0.717) is 19.6 Å². The summed E-state index contributed by atoms with van der Waals surface area (Å²) in [5.74, 6) is 1.85. The number of carbonyl (C=O) groups excluding carboxylic acids is 1. The van der Waals surface area contributed by atoms with Crippen LogP contribution in [0.4, 0.5) is 0 Å². The van der Waals surface area contributed by atoms with E-state index >= 15 is 0 Å². The van der Waals surface area contributed by atoms with Crippen LogP contribution in [0.2, 0.25) is 0 Å². The molecule has 29 heavy (non-hydrogen) atoms. The molecular weight excluding hydrogens is 392 g/mol. The lowest BCUT2D eigenvalue weighted by Crippen LogP contribution is -2.55. The van der Waals surface area contributed by atoms with Crippen molar-refractivity contribution < 1.29 is 22.7 Å². The summed E-state index contributed by atoms with van der Waals surface area (Å²) < 4.78 is 33.9. The number of carbonyl (C=O) groups is 1. The lowest BCUT2D eigenvalue weighted by molar-refractivity contribution is -0.140. The molecule has 1 aromatic carbocycles. The number of piperazine rings is 1. The average molecular weight is 423 g/mol. The standard InChI is InChI=1S/C21H30N2O5S/c1-29(25,26)14-13-22-9-11-23(12-10-22)20(24)21(7-3-2-4-8-21)17-5-6-18-19(15-17)28-16-27-18/h5-6,15H,2-4,7-14,16H2,1H3. The number of hydrogen-bond acceptors (Lipinski definition) is 6. The molecule has 1 saturated carbocycles. The number of hydrogen-bond donors (Lipinski definition) is 0. The van der Waals surface area contributed by atoms with E-state index in [0.717, 1.165) is 55.8 Å². The third-order valence-corrected chi connectivity index (χ3v) is 7.40. The third-order valence-electron chi connectivity index (χ3n) is 6.48. The normalized spacial score (nSPS) is 21.9. The molecule has 1 aliphatic carbocycles. The first-order valence-corrected chi connectivity index (χ1v) is 12.5. The highest BCUT2D eigenvalue weighted by Crippen LogP contribution is 2.44. The second kappa shape index (κ2) is 8.14. The van der Waals surface area contributed by atoms with Crippen molar-refractivity contribution in [1.82, 2.24) is 9.80 Å². The van der Waals surface area contributed by atoms with Crippen LogP contribution >= 0.6 is 0 Å². The summed E-state index contributed by atoms with van der Waals surface area (Å²) in [6.07, 6.45) is 6.26. The van der Waals surface area contributed by atoms with E-state index < -0.39 is 15.3 Å². The quantitative estimate of drug-likeness (QED) is 0.720. The molecule has 3 aliphatic rings. The molecule has 1 amide bonds. The molecule has 8 heteroatoms. The molecule has 2 fully saturated rings. The minimum Gasteiger partial charge on any atom is -0.454 e. The number of amides is 1. The van der Waals surface area contributed by atoms with Crippen molar-refractivity contribution in [1.29, 1.82) is 0 Å². The highest BCUT2D eigenvalue weighted by Gasteiger charge is 2.44. The van der Waals surface area contributed by atoms with Crippen LogP contribution in [-0.2, 0) is 20.0 Å². The van der Waals surface area contributed by atoms with E-state index in [-0.39, 0.29) is 18.5 Å². The van der Waals surface area contributed by atoms with Crippen molar-refractivity contribution >= 4 is 15.7 Å². The summed E-state index contributed by atoms with van der Waals surface area (Å²) >= 11 is 0. The number of sulfone groups is 1. The molecule has 1 aromatic rings. The predicted octanol–water partition coefficient (Wildman–Crippen LogP) is 1.81. The second-order valence-corrected chi connectivity index (χ2v) is 10.7. The maximum atomic E-state index is 13.7. The van der Waals surface area contributed by atoms with Crippen LogP contribution in [0.5, 0.6) is 11.5 Å². The summed E-state index contributed by atoms with van der Waals surface area (Å²) in [5.41, 5.74) is 0.541. The summed E-state index contributed by atoms with van der Waals surface area (Å²) in [6.45, 7) is 3.50. The molecule has 0 N–H and O–H groups in total. The smallest absolute Gasteiger partial charge is 0.233 e. The van der Waals surface area contributed by atoms with Gasteiger partial charge in [0, 0.05) is 39.0 Å². The fourth-order valence-electron chi connectivity index (χ4n) is 4.75. The molecule has 2 heterocycles. The van der Waals surface area contributed by atoms with Crippen molar-refractivity contribution in [3.05, 3.63) is 23.8 Å². The van der Waals surface area contributed by atoms with Crippen molar-refractivity contribution in [2.24, 2.45) is 0 Å². The van der Waals surface area contributed by atoms with E-state index in [2.05, 4.69) is 4.90 Å². The van der Waals surface area contributed by atoms with Crippen LogP contribution in [0, 0.1) is 0 Å². The maximum absolute atomic E-state index is 13.7. The molecule has 0 radical (unpaired) electrons. The van der Waals surface area contributed by atoms with Crippen molar-refractivity contribution in [3.63, 3.8) is 0 Å². The number of fused-ring (bicyclic) bond motifs is 1. The van der Waals surface area contributed by atoms with Gasteiger partial charge in [-0.15, -0.1) is 0 Å². The summed E-state index contributed by atoms with van der Waals surface area (Å²) in [7, 11) is -2.97. The highest BCUT2D eigenvalue weighted by molar-refractivity contribution is 7.90. The maximum Gasteiger partial charge on any atom is 0.233 e. The van der Waals surface area contributed by atoms with E-state index in [4.69, 9.17) is 9.47 Å². The van der Waals surface area contributed by atoms with E-state index in [1.807, 2.05) is 23.1 Å². The lowest BCUT2D eigenvalue weighted by atomic mass is 9.68. The molecule has 4 rings (SSSR count). The first-order valence-electron chi connectivity index (χ1n) is 10.5. The van der Waals surface area contributed by atoms with Gasteiger partial charge in [-0.2, -0.15) is 0 Å². The molecule has 0 atom stereocenters. The van der Waals surface area contributed by atoms with E-state index in [1.165, 1.54) is 12.7 Å². The fourth-order valence-corrected chi connectivity index (χ4v) is 5.34. The minimum atomic E-state index is -2.97. The van der Waals surface area contributed by atoms with E-state index in [9.17, 15) is 13.2 Å². The Kier molecular flexibility index (Phi) is 5.75. The van der Waals surface area contributed by atoms with Crippen LogP contribution in [0.15, 0.2) is 18.2 Å². The van der Waals surface area contributed by atoms with Gasteiger partial charge in [0.05, 0.1) is 11.2 Å². The summed E-state index contributed by atoms with van der Waals surface area (Å²) in [4.78, 5) is 17.9. The van der Waals surface area contributed by atoms with Gasteiger partial charge >= 0.3 is 0 Å². The third kappa shape index (κ3) is 4.38. The Bertz CT molecular complexity index is 856. The fraction of sp³-hybridized carbons (Fsp3) is 0.667. The molecular formula is C21H30N2O5S. The van der Waals surface area contributed by atoms with Gasteiger partial charge in [-0.25, -0.2) is 8.42 Å². The SMILES string of the molecule is CS(=O)(=O)CCN1CCN(C(=O)C2(c3ccc4c(c3)OCO4)CCCCC2)CC1. The topological polar surface area (TPSA) is 76.2 Å². The van der Waals surface area contributed by atoms with Gasteiger partial charge in [0.15, 0.2) is 11.5 Å². The molecule has 2 aliphatic heterocycles. The molecule has 0 spiro atoms. The van der Waals surface area contributed by atoms with Crippen LogP contribution in [-0.4, -0.2) is 75.7 Å². The molecule has 0 aromatic heterocycles. The number of rotatable bonds is 5.